The van der Waals surface area contributed by atoms with Gasteiger partial charge in [-0.05, 0) is 55.5 Å². The maximum Gasteiger partial charge on any atom is 0.270 e. The average molecular weight is 284 g/mol. The first-order valence-electron chi connectivity index (χ1n) is 6.89. The van der Waals surface area contributed by atoms with Crippen molar-refractivity contribution >= 4 is 5.69 Å². The second kappa shape index (κ2) is 5.66. The molecule has 0 heterocycles. The predicted molar refractivity (Wildman–Crippen MR) is 84.5 cm³/mol. The van der Waals surface area contributed by atoms with Crippen LogP contribution in [0.15, 0.2) is 30.3 Å². The van der Waals surface area contributed by atoms with Gasteiger partial charge >= 0.3 is 0 Å². The predicted octanol–water partition coefficient (Wildman–Crippen LogP) is 3.88. The highest BCUT2D eigenvalue weighted by molar-refractivity contribution is 5.47. The van der Waals surface area contributed by atoms with Crippen molar-refractivity contribution in [3.63, 3.8) is 0 Å². The van der Waals surface area contributed by atoms with Crippen LogP contribution in [0.2, 0.25) is 0 Å². The maximum absolute atomic E-state index is 11.0. The fourth-order valence-corrected chi connectivity index (χ4v) is 2.93. The van der Waals surface area contributed by atoms with Crippen LogP contribution < -0.4 is 5.73 Å². The van der Waals surface area contributed by atoms with E-state index >= 15 is 0 Å². The number of nitrogens with two attached hydrogens (primary N) is 1. The second-order valence-corrected chi connectivity index (χ2v) is 5.65. The van der Waals surface area contributed by atoms with Crippen LogP contribution in [0.5, 0.6) is 0 Å². The SMILES string of the molecule is Cc1cc(C(N)c2c(C)cc(C)cc2C)cc([N+](=O)[O-])c1. The molecule has 0 bridgehead atoms. The molecule has 0 aliphatic heterocycles. The van der Waals surface area contributed by atoms with Gasteiger partial charge < -0.3 is 5.73 Å². The molecule has 2 rings (SSSR count). The Hall–Kier alpha value is -2.20. The molecule has 110 valence electrons. The van der Waals surface area contributed by atoms with Gasteiger partial charge in [0.25, 0.3) is 5.69 Å². The molecule has 2 aromatic rings. The van der Waals surface area contributed by atoms with Crippen LogP contribution in [0.1, 0.15) is 39.4 Å². The van der Waals surface area contributed by atoms with Gasteiger partial charge in [0.15, 0.2) is 0 Å². The van der Waals surface area contributed by atoms with Crippen LogP contribution in [-0.2, 0) is 0 Å². The Morgan fingerprint density at radius 3 is 2.00 bits per heavy atom. The highest BCUT2D eigenvalue weighted by Crippen LogP contribution is 2.29. The number of nitrogens with zero attached hydrogens (tertiary/aromatic N) is 1. The second-order valence-electron chi connectivity index (χ2n) is 5.65. The summed E-state index contributed by atoms with van der Waals surface area (Å²) in [6, 6.07) is 8.86. The zero-order valence-corrected chi connectivity index (χ0v) is 12.8. The highest BCUT2D eigenvalue weighted by Gasteiger charge is 2.18. The molecule has 0 amide bonds. The molecule has 21 heavy (non-hydrogen) atoms. The largest absolute Gasteiger partial charge is 0.320 e. The molecule has 0 spiro atoms. The summed E-state index contributed by atoms with van der Waals surface area (Å²) in [5, 5.41) is 11.0. The summed E-state index contributed by atoms with van der Waals surface area (Å²) in [5.74, 6) is 0. The first-order valence-corrected chi connectivity index (χ1v) is 6.89. The van der Waals surface area contributed by atoms with E-state index in [9.17, 15) is 10.1 Å². The lowest BCUT2D eigenvalue weighted by atomic mass is 9.90. The van der Waals surface area contributed by atoms with Gasteiger partial charge in [-0.25, -0.2) is 0 Å². The van der Waals surface area contributed by atoms with E-state index in [2.05, 4.69) is 12.1 Å². The number of non-ortho nitro benzene ring substituents is 1. The lowest BCUT2D eigenvalue weighted by molar-refractivity contribution is -0.385. The van der Waals surface area contributed by atoms with Gasteiger partial charge in [-0.3, -0.25) is 10.1 Å². The van der Waals surface area contributed by atoms with Crippen LogP contribution >= 0.6 is 0 Å². The quantitative estimate of drug-likeness (QED) is 0.687. The summed E-state index contributed by atoms with van der Waals surface area (Å²) in [6.45, 7) is 7.95. The van der Waals surface area contributed by atoms with Crippen LogP contribution in [0, 0.1) is 37.8 Å². The maximum atomic E-state index is 11.0. The van der Waals surface area contributed by atoms with Crippen molar-refractivity contribution in [1.82, 2.24) is 0 Å². The molecule has 0 radical (unpaired) electrons. The summed E-state index contributed by atoms with van der Waals surface area (Å²) in [6.07, 6.45) is 0. The van der Waals surface area contributed by atoms with Gasteiger partial charge in [0.2, 0.25) is 0 Å². The van der Waals surface area contributed by atoms with E-state index in [0.29, 0.717) is 0 Å². The minimum Gasteiger partial charge on any atom is -0.320 e. The summed E-state index contributed by atoms with van der Waals surface area (Å²) >= 11 is 0. The fourth-order valence-electron chi connectivity index (χ4n) is 2.93. The molecular formula is C17H20N2O2. The number of benzene rings is 2. The van der Waals surface area contributed by atoms with Crippen LogP contribution in [0.4, 0.5) is 5.69 Å². The van der Waals surface area contributed by atoms with E-state index in [1.54, 1.807) is 12.1 Å². The van der Waals surface area contributed by atoms with E-state index in [0.717, 1.165) is 27.8 Å². The summed E-state index contributed by atoms with van der Waals surface area (Å²) in [5.41, 5.74) is 12.6. The smallest absolute Gasteiger partial charge is 0.270 e. The standard InChI is InChI=1S/C17H20N2O2/c1-10-5-12(3)16(13(4)6-10)17(18)14-7-11(2)8-15(9-14)19(20)21/h5-9,17H,18H2,1-4H3. The molecule has 0 aliphatic rings. The highest BCUT2D eigenvalue weighted by atomic mass is 16.6. The molecule has 2 aromatic carbocycles. The molecule has 1 atom stereocenters. The van der Waals surface area contributed by atoms with E-state index in [1.807, 2.05) is 33.8 Å². The van der Waals surface area contributed by atoms with Crippen molar-refractivity contribution in [1.29, 1.82) is 0 Å². The summed E-state index contributed by atoms with van der Waals surface area (Å²) in [4.78, 5) is 10.6. The van der Waals surface area contributed by atoms with E-state index < -0.39 is 0 Å². The van der Waals surface area contributed by atoms with Crippen molar-refractivity contribution < 1.29 is 4.92 Å². The third kappa shape index (κ3) is 3.11. The Morgan fingerprint density at radius 1 is 0.952 bits per heavy atom. The number of hydrogen-bond donors (Lipinski definition) is 1. The molecule has 0 saturated carbocycles. The monoisotopic (exact) mass is 284 g/mol. The number of hydrogen-bond acceptors (Lipinski definition) is 3. The third-order valence-electron chi connectivity index (χ3n) is 3.70. The Balaban J connectivity index is 2.55. The lowest BCUT2D eigenvalue weighted by Gasteiger charge is -2.19. The minimum absolute atomic E-state index is 0.0860. The van der Waals surface area contributed by atoms with E-state index in [4.69, 9.17) is 5.73 Å². The van der Waals surface area contributed by atoms with Crippen molar-refractivity contribution in [3.05, 3.63) is 73.8 Å². The third-order valence-corrected chi connectivity index (χ3v) is 3.70. The topological polar surface area (TPSA) is 69.2 Å². The molecule has 0 saturated heterocycles. The number of rotatable bonds is 3. The van der Waals surface area contributed by atoms with Gasteiger partial charge in [0, 0.05) is 12.1 Å². The van der Waals surface area contributed by atoms with Gasteiger partial charge in [0.05, 0.1) is 11.0 Å². The molecule has 2 N–H and O–H groups in total. The average Bonchev–Trinajstić information content (AvgIpc) is 2.36. The number of aryl methyl sites for hydroxylation is 4. The van der Waals surface area contributed by atoms with E-state index in [1.165, 1.54) is 5.56 Å². The van der Waals surface area contributed by atoms with E-state index in [-0.39, 0.29) is 16.7 Å². The van der Waals surface area contributed by atoms with Crippen molar-refractivity contribution in [2.75, 3.05) is 0 Å². The molecule has 4 heteroatoms. The Morgan fingerprint density at radius 2 is 1.48 bits per heavy atom. The van der Waals surface area contributed by atoms with Gasteiger partial charge in [-0.2, -0.15) is 0 Å². The van der Waals surface area contributed by atoms with Crippen molar-refractivity contribution in [2.24, 2.45) is 5.73 Å². The molecule has 0 aromatic heterocycles. The molecule has 0 aliphatic carbocycles. The first-order chi connectivity index (χ1) is 9.79. The first kappa shape index (κ1) is 15.2. The van der Waals surface area contributed by atoms with Crippen LogP contribution in [-0.4, -0.2) is 4.92 Å². The zero-order chi connectivity index (χ0) is 15.7. The fraction of sp³-hybridized carbons (Fsp3) is 0.294. The molecule has 4 nitrogen and oxygen atoms in total. The van der Waals surface area contributed by atoms with Crippen molar-refractivity contribution in [2.45, 2.75) is 33.7 Å². The Bertz CT molecular complexity index is 685. The zero-order valence-electron chi connectivity index (χ0n) is 12.8. The van der Waals surface area contributed by atoms with Crippen molar-refractivity contribution in [3.8, 4) is 0 Å². The van der Waals surface area contributed by atoms with Gasteiger partial charge in [0.1, 0.15) is 0 Å². The lowest BCUT2D eigenvalue weighted by Crippen LogP contribution is -2.15. The summed E-state index contributed by atoms with van der Waals surface area (Å²) < 4.78 is 0. The van der Waals surface area contributed by atoms with Gasteiger partial charge in [-0.1, -0.05) is 23.8 Å². The van der Waals surface area contributed by atoms with Crippen LogP contribution in [0.25, 0.3) is 0 Å². The Labute approximate surface area is 124 Å². The molecule has 1 unspecified atom stereocenters. The molecular weight excluding hydrogens is 264 g/mol. The van der Waals surface area contributed by atoms with Crippen LogP contribution in [0.3, 0.4) is 0 Å². The number of nitro benzene ring substituents is 1. The summed E-state index contributed by atoms with van der Waals surface area (Å²) in [7, 11) is 0. The number of nitro groups is 1. The normalized spacial score (nSPS) is 12.2. The molecule has 0 fully saturated rings. The minimum atomic E-state index is -0.377. The Kier molecular flexibility index (Phi) is 4.09. The van der Waals surface area contributed by atoms with Gasteiger partial charge in [-0.15, -0.1) is 0 Å².